The van der Waals surface area contributed by atoms with Crippen LogP contribution in [0, 0.1) is 18.3 Å². The average Bonchev–Trinajstić information content (AvgIpc) is 2.03. The Bertz CT molecular complexity index is 346. The van der Waals surface area contributed by atoms with Crippen LogP contribution in [0.1, 0.15) is 11.3 Å². The number of aryl methyl sites for hydroxylation is 1. The molecule has 0 saturated carbocycles. The molecule has 0 bridgehead atoms. The van der Waals surface area contributed by atoms with Gasteiger partial charge in [0.15, 0.2) is 0 Å². The van der Waals surface area contributed by atoms with E-state index in [-0.39, 0.29) is 11.3 Å². The Kier molecular flexibility index (Phi) is 2.75. The van der Waals surface area contributed by atoms with Crippen molar-refractivity contribution in [2.75, 3.05) is 0 Å². The number of nitriles is 1. The molecule has 1 rings (SSSR count). The van der Waals surface area contributed by atoms with Crippen molar-refractivity contribution in [1.82, 2.24) is 4.98 Å². The van der Waals surface area contributed by atoms with Gasteiger partial charge in [-0.25, -0.2) is 0 Å². The molecule has 0 fully saturated rings. The zero-order valence-electron chi connectivity index (χ0n) is 6.79. The smallest absolute Gasteiger partial charge is 0.387 e. The molecule has 1 heterocycles. The van der Waals surface area contributed by atoms with Gasteiger partial charge in [-0.3, -0.25) is 4.98 Å². The minimum atomic E-state index is -2.92. The summed E-state index contributed by atoms with van der Waals surface area (Å²) >= 11 is 0. The number of hydrogen-bond acceptors (Lipinski definition) is 3. The van der Waals surface area contributed by atoms with Crippen molar-refractivity contribution in [2.45, 2.75) is 13.5 Å². The van der Waals surface area contributed by atoms with E-state index in [1.54, 1.807) is 13.0 Å². The highest BCUT2D eigenvalue weighted by Gasteiger charge is 2.09. The fraction of sp³-hybridized carbons (Fsp3) is 0.250. The molecule has 0 amide bonds. The highest BCUT2D eigenvalue weighted by molar-refractivity contribution is 5.41. The van der Waals surface area contributed by atoms with Crippen molar-refractivity contribution in [3.8, 4) is 11.8 Å². The van der Waals surface area contributed by atoms with Crippen molar-refractivity contribution in [1.29, 1.82) is 5.26 Å². The Labute approximate surface area is 73.6 Å². The molecule has 1 aromatic heterocycles. The van der Waals surface area contributed by atoms with Crippen molar-refractivity contribution in [3.63, 3.8) is 0 Å². The highest BCUT2D eigenvalue weighted by Crippen LogP contribution is 2.19. The maximum atomic E-state index is 11.8. The average molecular weight is 184 g/mol. The summed E-state index contributed by atoms with van der Waals surface area (Å²) in [5, 5.41) is 8.51. The van der Waals surface area contributed by atoms with Crippen LogP contribution in [0.4, 0.5) is 8.78 Å². The first-order valence-corrected chi connectivity index (χ1v) is 3.45. The molecule has 0 unspecified atom stereocenters. The van der Waals surface area contributed by atoms with E-state index in [4.69, 9.17) is 5.26 Å². The zero-order chi connectivity index (χ0) is 9.84. The predicted molar refractivity (Wildman–Crippen MR) is 40.3 cm³/mol. The first-order valence-electron chi connectivity index (χ1n) is 3.45. The van der Waals surface area contributed by atoms with E-state index in [1.165, 1.54) is 12.3 Å². The van der Waals surface area contributed by atoms with Crippen LogP contribution in [0.3, 0.4) is 0 Å². The molecule has 0 aromatic carbocycles. The van der Waals surface area contributed by atoms with Gasteiger partial charge < -0.3 is 4.74 Å². The van der Waals surface area contributed by atoms with E-state index in [9.17, 15) is 8.78 Å². The van der Waals surface area contributed by atoms with Crippen LogP contribution >= 0.6 is 0 Å². The molecule has 0 atom stereocenters. The van der Waals surface area contributed by atoms with E-state index in [0.29, 0.717) is 5.69 Å². The van der Waals surface area contributed by atoms with E-state index >= 15 is 0 Å². The van der Waals surface area contributed by atoms with E-state index in [0.717, 1.165) is 0 Å². The van der Waals surface area contributed by atoms with Gasteiger partial charge in [0, 0.05) is 18.0 Å². The number of halogens is 2. The van der Waals surface area contributed by atoms with Gasteiger partial charge in [-0.2, -0.15) is 14.0 Å². The second kappa shape index (κ2) is 3.81. The fourth-order valence-corrected chi connectivity index (χ4v) is 0.812. The molecule has 0 N–H and O–H groups in total. The van der Waals surface area contributed by atoms with Crippen molar-refractivity contribution < 1.29 is 13.5 Å². The standard InChI is InChI=1S/C8H6F2N2O/c1-5-2-7(13-8(9)10)6(3-11)4-12-5/h2,4,8H,1H3. The maximum absolute atomic E-state index is 11.8. The summed E-state index contributed by atoms with van der Waals surface area (Å²) in [5.74, 6) is -0.134. The number of hydrogen-bond donors (Lipinski definition) is 0. The lowest BCUT2D eigenvalue weighted by Gasteiger charge is -2.05. The van der Waals surface area contributed by atoms with Gasteiger partial charge in [0.2, 0.25) is 0 Å². The fourth-order valence-electron chi connectivity index (χ4n) is 0.812. The molecule has 68 valence electrons. The van der Waals surface area contributed by atoms with E-state index in [2.05, 4.69) is 9.72 Å². The van der Waals surface area contributed by atoms with Crippen molar-refractivity contribution in [3.05, 3.63) is 23.5 Å². The van der Waals surface area contributed by atoms with E-state index in [1.807, 2.05) is 0 Å². The zero-order valence-corrected chi connectivity index (χ0v) is 6.79. The molecule has 13 heavy (non-hydrogen) atoms. The van der Waals surface area contributed by atoms with Crippen LogP contribution in [-0.4, -0.2) is 11.6 Å². The summed E-state index contributed by atoms with van der Waals surface area (Å²) < 4.78 is 27.8. The molecular formula is C8H6F2N2O. The maximum Gasteiger partial charge on any atom is 0.387 e. The second-order valence-corrected chi connectivity index (χ2v) is 2.31. The lowest BCUT2D eigenvalue weighted by Crippen LogP contribution is -2.04. The van der Waals surface area contributed by atoms with Gasteiger partial charge in [-0.05, 0) is 6.92 Å². The summed E-state index contributed by atoms with van der Waals surface area (Å²) in [7, 11) is 0. The van der Waals surface area contributed by atoms with Crippen LogP contribution in [-0.2, 0) is 0 Å². The molecule has 0 saturated heterocycles. The predicted octanol–water partition coefficient (Wildman–Crippen LogP) is 1.86. The number of rotatable bonds is 2. The molecule has 5 heteroatoms. The van der Waals surface area contributed by atoms with Crippen LogP contribution < -0.4 is 4.74 Å². The number of aromatic nitrogens is 1. The van der Waals surface area contributed by atoms with Crippen LogP contribution in [0.15, 0.2) is 12.3 Å². The quantitative estimate of drug-likeness (QED) is 0.704. The number of ether oxygens (including phenoxy) is 1. The van der Waals surface area contributed by atoms with Crippen LogP contribution in [0.2, 0.25) is 0 Å². The first-order chi connectivity index (χ1) is 6.13. The van der Waals surface area contributed by atoms with Crippen LogP contribution in [0.25, 0.3) is 0 Å². The van der Waals surface area contributed by atoms with Crippen LogP contribution in [0.5, 0.6) is 5.75 Å². The third kappa shape index (κ3) is 2.37. The second-order valence-electron chi connectivity index (χ2n) is 2.31. The van der Waals surface area contributed by atoms with Crippen molar-refractivity contribution >= 4 is 0 Å². The molecule has 0 aliphatic rings. The molecular weight excluding hydrogens is 178 g/mol. The van der Waals surface area contributed by atoms with Gasteiger partial charge in [0.05, 0.1) is 0 Å². The van der Waals surface area contributed by atoms with E-state index < -0.39 is 6.61 Å². The summed E-state index contributed by atoms with van der Waals surface area (Å²) in [5.41, 5.74) is 0.528. The lowest BCUT2D eigenvalue weighted by molar-refractivity contribution is -0.0501. The van der Waals surface area contributed by atoms with Gasteiger partial charge in [-0.1, -0.05) is 0 Å². The normalized spacial score (nSPS) is 9.77. The molecule has 0 spiro atoms. The minimum Gasteiger partial charge on any atom is -0.433 e. The summed E-state index contributed by atoms with van der Waals surface area (Å²) in [6, 6.07) is 3.00. The van der Waals surface area contributed by atoms with Crippen molar-refractivity contribution in [2.24, 2.45) is 0 Å². The number of pyridine rings is 1. The Morgan fingerprint density at radius 1 is 1.62 bits per heavy atom. The Morgan fingerprint density at radius 2 is 2.31 bits per heavy atom. The topological polar surface area (TPSA) is 45.9 Å². The number of nitrogens with zero attached hydrogens (tertiary/aromatic N) is 2. The highest BCUT2D eigenvalue weighted by atomic mass is 19.3. The summed E-state index contributed by atoms with van der Waals surface area (Å²) in [4.78, 5) is 3.77. The van der Waals surface area contributed by atoms with Gasteiger partial charge in [0.1, 0.15) is 17.4 Å². The molecule has 3 nitrogen and oxygen atoms in total. The summed E-state index contributed by atoms with van der Waals surface area (Å²) in [6.07, 6.45) is 1.20. The van der Waals surface area contributed by atoms with Gasteiger partial charge in [0.25, 0.3) is 0 Å². The van der Waals surface area contributed by atoms with Gasteiger partial charge >= 0.3 is 6.61 Å². The molecule has 0 aliphatic carbocycles. The molecule has 1 aromatic rings. The lowest BCUT2D eigenvalue weighted by atomic mass is 10.2. The SMILES string of the molecule is Cc1cc(OC(F)F)c(C#N)cn1. The third-order valence-corrected chi connectivity index (χ3v) is 1.34. The number of alkyl halides is 2. The Hall–Kier alpha value is -1.70. The molecule has 0 aliphatic heterocycles. The first kappa shape index (κ1) is 9.39. The third-order valence-electron chi connectivity index (χ3n) is 1.34. The Morgan fingerprint density at radius 3 is 2.85 bits per heavy atom. The Balaban J connectivity index is 3.03. The molecule has 0 radical (unpaired) electrons. The van der Waals surface area contributed by atoms with Gasteiger partial charge in [-0.15, -0.1) is 0 Å². The monoisotopic (exact) mass is 184 g/mol. The largest absolute Gasteiger partial charge is 0.433 e. The minimum absolute atomic E-state index is 0.00546. The summed E-state index contributed by atoms with van der Waals surface area (Å²) in [6.45, 7) is -1.30.